The molecule has 0 unspecified atom stereocenters. The molecular formula is C27H30ClN3O6S. The fraction of sp³-hybridized carbons (Fsp3) is 0.259. The number of halogens is 1. The van der Waals surface area contributed by atoms with Crippen LogP contribution in [0.3, 0.4) is 0 Å². The maximum Gasteiger partial charge on any atom is 0.264 e. The molecule has 0 fully saturated rings. The van der Waals surface area contributed by atoms with E-state index >= 15 is 0 Å². The first-order chi connectivity index (χ1) is 18.1. The maximum atomic E-state index is 13.8. The molecular weight excluding hydrogens is 530 g/mol. The standard InChI is InChI=1S/C27H30ClN3O6S/c1-19(27(33)29-2)30(17-20-9-8-10-22(15-20)36-3)26(32)18-31(24-16-21(28)13-14-25(24)37-4)38(34,35)23-11-6-5-7-12-23/h5-16,19H,17-18H2,1-4H3,(H,29,33)/t19-/m0/s1. The van der Waals surface area contributed by atoms with Gasteiger partial charge in [0, 0.05) is 18.6 Å². The molecule has 0 aliphatic heterocycles. The number of rotatable bonds is 11. The molecule has 3 aromatic carbocycles. The maximum absolute atomic E-state index is 13.8. The molecule has 2 amide bonds. The van der Waals surface area contributed by atoms with Gasteiger partial charge in [0.2, 0.25) is 11.8 Å². The lowest BCUT2D eigenvalue weighted by molar-refractivity contribution is -0.139. The predicted octanol–water partition coefficient (Wildman–Crippen LogP) is 3.72. The minimum atomic E-state index is -4.24. The molecule has 0 heterocycles. The number of ether oxygens (including phenoxy) is 2. The minimum absolute atomic E-state index is 0.0199. The third kappa shape index (κ3) is 6.56. The van der Waals surface area contributed by atoms with Gasteiger partial charge in [-0.05, 0) is 55.0 Å². The van der Waals surface area contributed by atoms with E-state index in [-0.39, 0.29) is 27.9 Å². The van der Waals surface area contributed by atoms with Gasteiger partial charge in [0.25, 0.3) is 10.0 Å². The molecule has 0 aromatic heterocycles. The van der Waals surface area contributed by atoms with E-state index in [1.165, 1.54) is 50.4 Å². The highest BCUT2D eigenvalue weighted by Crippen LogP contribution is 2.35. The molecule has 1 N–H and O–H groups in total. The van der Waals surface area contributed by atoms with Crippen LogP contribution < -0.4 is 19.1 Å². The lowest BCUT2D eigenvalue weighted by Gasteiger charge is -2.32. The van der Waals surface area contributed by atoms with Crippen molar-refractivity contribution in [1.29, 1.82) is 0 Å². The number of nitrogens with zero attached hydrogens (tertiary/aromatic N) is 2. The number of methoxy groups -OCH3 is 2. The van der Waals surface area contributed by atoms with Gasteiger partial charge in [-0.15, -0.1) is 0 Å². The lowest BCUT2D eigenvalue weighted by atomic mass is 10.1. The van der Waals surface area contributed by atoms with Crippen LogP contribution in [0.25, 0.3) is 0 Å². The van der Waals surface area contributed by atoms with Crippen molar-refractivity contribution >= 4 is 39.1 Å². The summed E-state index contributed by atoms with van der Waals surface area (Å²) in [5, 5.41) is 2.81. The number of hydrogen-bond acceptors (Lipinski definition) is 6. The molecule has 3 rings (SSSR count). The number of carbonyl (C=O) groups is 2. The molecule has 0 spiro atoms. The zero-order chi connectivity index (χ0) is 27.9. The average molecular weight is 560 g/mol. The third-order valence-electron chi connectivity index (χ3n) is 5.92. The molecule has 0 saturated carbocycles. The number of nitrogens with one attached hydrogen (secondary N) is 1. The molecule has 1 atom stereocenters. The van der Waals surface area contributed by atoms with Gasteiger partial charge in [-0.1, -0.05) is 41.9 Å². The zero-order valence-electron chi connectivity index (χ0n) is 21.5. The highest BCUT2D eigenvalue weighted by Gasteiger charge is 2.33. The first-order valence-electron chi connectivity index (χ1n) is 11.7. The van der Waals surface area contributed by atoms with Crippen LogP contribution in [0.4, 0.5) is 5.69 Å². The van der Waals surface area contributed by atoms with E-state index in [2.05, 4.69) is 5.32 Å². The highest BCUT2D eigenvalue weighted by molar-refractivity contribution is 7.92. The van der Waals surface area contributed by atoms with Crippen LogP contribution in [0, 0.1) is 0 Å². The van der Waals surface area contributed by atoms with Crippen LogP contribution in [0.1, 0.15) is 12.5 Å². The van der Waals surface area contributed by atoms with E-state index in [1.54, 1.807) is 55.5 Å². The number of anilines is 1. The topological polar surface area (TPSA) is 105 Å². The Kier molecular flexibility index (Phi) is 9.60. The van der Waals surface area contributed by atoms with Crippen LogP contribution in [0.5, 0.6) is 11.5 Å². The average Bonchev–Trinajstić information content (AvgIpc) is 2.94. The molecule has 0 bridgehead atoms. The Morgan fingerprint density at radius 1 is 0.974 bits per heavy atom. The molecule has 202 valence electrons. The molecule has 38 heavy (non-hydrogen) atoms. The van der Waals surface area contributed by atoms with Gasteiger partial charge < -0.3 is 19.7 Å². The smallest absolute Gasteiger partial charge is 0.264 e. The van der Waals surface area contributed by atoms with Crippen molar-refractivity contribution in [2.75, 3.05) is 32.1 Å². The second-order valence-electron chi connectivity index (χ2n) is 8.30. The van der Waals surface area contributed by atoms with E-state index in [0.717, 1.165) is 4.31 Å². The fourth-order valence-electron chi connectivity index (χ4n) is 3.85. The lowest BCUT2D eigenvalue weighted by Crippen LogP contribution is -2.50. The summed E-state index contributed by atoms with van der Waals surface area (Å²) in [6.07, 6.45) is 0. The van der Waals surface area contributed by atoms with E-state index in [9.17, 15) is 18.0 Å². The minimum Gasteiger partial charge on any atom is -0.497 e. The number of likely N-dealkylation sites (N-methyl/N-ethyl adjacent to an activating group) is 1. The summed E-state index contributed by atoms with van der Waals surface area (Å²) in [6.45, 7) is 1.00. The Labute approximate surface area is 228 Å². The van der Waals surface area contributed by atoms with E-state index in [1.807, 2.05) is 0 Å². The first kappa shape index (κ1) is 28.8. The van der Waals surface area contributed by atoms with E-state index < -0.39 is 34.4 Å². The van der Waals surface area contributed by atoms with Crippen LogP contribution in [-0.4, -0.2) is 59.0 Å². The van der Waals surface area contributed by atoms with Crippen LogP contribution >= 0.6 is 11.6 Å². The van der Waals surface area contributed by atoms with Crippen molar-refractivity contribution < 1.29 is 27.5 Å². The molecule has 0 saturated heterocycles. The summed E-state index contributed by atoms with van der Waals surface area (Å²) in [5.74, 6) is -0.218. The molecule has 9 nitrogen and oxygen atoms in total. The highest BCUT2D eigenvalue weighted by atomic mass is 35.5. The largest absolute Gasteiger partial charge is 0.497 e. The van der Waals surface area contributed by atoms with Crippen molar-refractivity contribution in [3.8, 4) is 11.5 Å². The predicted molar refractivity (Wildman–Crippen MR) is 146 cm³/mol. The Morgan fingerprint density at radius 3 is 2.32 bits per heavy atom. The van der Waals surface area contributed by atoms with Crippen molar-refractivity contribution in [3.05, 3.63) is 83.4 Å². The van der Waals surface area contributed by atoms with Crippen molar-refractivity contribution in [2.24, 2.45) is 0 Å². The molecule has 0 aliphatic rings. The number of benzene rings is 3. The fourth-order valence-corrected chi connectivity index (χ4v) is 5.45. The van der Waals surface area contributed by atoms with Crippen molar-refractivity contribution in [3.63, 3.8) is 0 Å². The Hall–Kier alpha value is -3.76. The normalized spacial score (nSPS) is 11.8. The zero-order valence-corrected chi connectivity index (χ0v) is 23.1. The molecule has 3 aromatic rings. The molecule has 11 heteroatoms. The summed E-state index contributed by atoms with van der Waals surface area (Å²) in [6, 6.07) is 18.4. The second-order valence-corrected chi connectivity index (χ2v) is 10.6. The van der Waals surface area contributed by atoms with Gasteiger partial charge >= 0.3 is 0 Å². The number of carbonyl (C=O) groups excluding carboxylic acids is 2. The van der Waals surface area contributed by atoms with Crippen LogP contribution in [-0.2, 0) is 26.2 Å². The number of hydrogen-bond donors (Lipinski definition) is 1. The Balaban J connectivity index is 2.09. The van der Waals surface area contributed by atoms with Gasteiger partial charge in [-0.25, -0.2) is 8.42 Å². The monoisotopic (exact) mass is 559 g/mol. The summed E-state index contributed by atoms with van der Waals surface area (Å²) in [7, 11) is 0.149. The summed E-state index contributed by atoms with van der Waals surface area (Å²) >= 11 is 6.22. The summed E-state index contributed by atoms with van der Waals surface area (Å²) < 4.78 is 39.3. The second kappa shape index (κ2) is 12.7. The Morgan fingerprint density at radius 2 is 1.68 bits per heavy atom. The SMILES string of the molecule is CNC(=O)[C@H](C)N(Cc1cccc(OC)c1)C(=O)CN(c1cc(Cl)ccc1OC)S(=O)(=O)c1ccccc1. The number of amides is 2. The van der Waals surface area contributed by atoms with Crippen LogP contribution in [0.2, 0.25) is 5.02 Å². The van der Waals surface area contributed by atoms with Gasteiger partial charge in [0.05, 0.1) is 24.8 Å². The van der Waals surface area contributed by atoms with Gasteiger partial charge in [0.1, 0.15) is 24.1 Å². The quantitative estimate of drug-likeness (QED) is 0.384. The van der Waals surface area contributed by atoms with Crippen molar-refractivity contribution in [2.45, 2.75) is 24.4 Å². The number of sulfonamides is 1. The van der Waals surface area contributed by atoms with Gasteiger partial charge in [0.15, 0.2) is 0 Å². The molecule has 0 aliphatic carbocycles. The Bertz CT molecular complexity index is 1380. The summed E-state index contributed by atoms with van der Waals surface area (Å²) in [5.41, 5.74) is 0.789. The summed E-state index contributed by atoms with van der Waals surface area (Å²) in [4.78, 5) is 27.7. The third-order valence-corrected chi connectivity index (χ3v) is 7.93. The van der Waals surface area contributed by atoms with E-state index in [4.69, 9.17) is 21.1 Å². The molecule has 0 radical (unpaired) electrons. The first-order valence-corrected chi connectivity index (χ1v) is 13.5. The van der Waals surface area contributed by atoms with Gasteiger partial charge in [-0.2, -0.15) is 0 Å². The van der Waals surface area contributed by atoms with E-state index in [0.29, 0.717) is 11.3 Å². The van der Waals surface area contributed by atoms with Gasteiger partial charge in [-0.3, -0.25) is 13.9 Å². The van der Waals surface area contributed by atoms with Crippen LogP contribution in [0.15, 0.2) is 77.7 Å². The van der Waals surface area contributed by atoms with Crippen molar-refractivity contribution in [1.82, 2.24) is 10.2 Å².